The van der Waals surface area contributed by atoms with Crippen LogP contribution in [0.1, 0.15) is 16.8 Å². The van der Waals surface area contributed by atoms with Crippen molar-refractivity contribution < 1.29 is 38.4 Å². The Morgan fingerprint density at radius 2 is 1.85 bits per heavy atom. The maximum Gasteiger partial charge on any atom is 0.363 e. The molecule has 1 N–H and O–H groups in total. The lowest BCUT2D eigenvalue weighted by Gasteiger charge is -2.16. The molecule has 0 saturated carbocycles. The van der Waals surface area contributed by atoms with Crippen LogP contribution in [-0.4, -0.2) is 45.2 Å². The normalized spacial score (nSPS) is 19.7. The number of nitrogens with zero attached hydrogens (tertiary/aromatic N) is 2. The molecular formula is C15H10N2O8S. The highest BCUT2D eigenvalue weighted by Crippen LogP contribution is 2.26. The Bertz CT molecular complexity index is 834. The molecule has 2 aliphatic rings. The molecule has 11 heteroatoms. The van der Waals surface area contributed by atoms with E-state index in [1.807, 2.05) is 0 Å². The van der Waals surface area contributed by atoms with Crippen LogP contribution >= 0.6 is 12.0 Å². The lowest BCUT2D eigenvalue weighted by atomic mass is 10.2. The number of amides is 4. The predicted octanol–water partition coefficient (Wildman–Crippen LogP) is 0.453. The number of carbonyl (C=O) groups is 5. The number of hydroxylamine groups is 2. The molecule has 1 atom stereocenters. The quantitative estimate of drug-likeness (QED) is 0.336. The van der Waals surface area contributed by atoms with E-state index in [0.717, 1.165) is 17.1 Å². The Labute approximate surface area is 150 Å². The highest BCUT2D eigenvalue weighted by molar-refractivity contribution is 7.96. The largest absolute Gasteiger partial charge is 0.363 e. The highest BCUT2D eigenvalue weighted by Gasteiger charge is 2.43. The predicted molar refractivity (Wildman–Crippen MR) is 85.1 cm³/mol. The minimum atomic E-state index is -1.03. The summed E-state index contributed by atoms with van der Waals surface area (Å²) < 4.78 is 3.78. The summed E-state index contributed by atoms with van der Waals surface area (Å²) >= 11 is 0.361. The van der Waals surface area contributed by atoms with Crippen LogP contribution in [-0.2, 0) is 28.3 Å². The summed E-state index contributed by atoms with van der Waals surface area (Å²) in [7, 11) is 0. The number of rotatable bonds is 5. The van der Waals surface area contributed by atoms with Crippen molar-refractivity contribution >= 4 is 47.3 Å². The number of benzene rings is 1. The fourth-order valence-corrected chi connectivity index (χ4v) is 2.86. The zero-order chi connectivity index (χ0) is 18.8. The van der Waals surface area contributed by atoms with Gasteiger partial charge in [-0.2, -0.15) is 4.33 Å². The molecular weight excluding hydrogens is 368 g/mol. The first-order valence-electron chi connectivity index (χ1n) is 7.14. The Morgan fingerprint density at radius 1 is 1.15 bits per heavy atom. The lowest BCUT2D eigenvalue weighted by molar-refractivity contribution is -0.172. The van der Waals surface area contributed by atoms with Gasteiger partial charge in [0, 0.05) is 24.2 Å². The van der Waals surface area contributed by atoms with Crippen molar-refractivity contribution in [2.45, 2.75) is 11.7 Å². The van der Waals surface area contributed by atoms with E-state index in [9.17, 15) is 24.0 Å². The van der Waals surface area contributed by atoms with Crippen molar-refractivity contribution in [3.8, 4) is 0 Å². The van der Waals surface area contributed by atoms with E-state index in [1.54, 1.807) is 0 Å². The summed E-state index contributed by atoms with van der Waals surface area (Å²) in [6.07, 6.45) is 1.88. The van der Waals surface area contributed by atoms with Gasteiger partial charge in [-0.3, -0.25) is 19.2 Å². The summed E-state index contributed by atoms with van der Waals surface area (Å²) in [6, 6.07) is 5.41. The van der Waals surface area contributed by atoms with Gasteiger partial charge in [0.2, 0.25) is 0 Å². The van der Waals surface area contributed by atoms with Crippen LogP contribution in [0, 0.1) is 0 Å². The van der Waals surface area contributed by atoms with Crippen LogP contribution in [0.3, 0.4) is 0 Å². The molecule has 1 aromatic rings. The molecule has 0 radical (unpaired) electrons. The van der Waals surface area contributed by atoms with Crippen molar-refractivity contribution in [3.05, 3.63) is 42.0 Å². The fourth-order valence-electron chi connectivity index (χ4n) is 2.37. The first-order valence-corrected chi connectivity index (χ1v) is 7.95. The Balaban J connectivity index is 1.76. The maximum atomic E-state index is 12.2. The third-order valence-corrected chi connectivity index (χ3v) is 4.23. The first-order chi connectivity index (χ1) is 12.4. The Morgan fingerprint density at radius 3 is 2.50 bits per heavy atom. The van der Waals surface area contributed by atoms with Crippen molar-refractivity contribution in [1.29, 1.82) is 0 Å². The van der Waals surface area contributed by atoms with E-state index >= 15 is 0 Å². The summed E-state index contributed by atoms with van der Waals surface area (Å²) in [4.78, 5) is 65.0. The van der Waals surface area contributed by atoms with Crippen LogP contribution in [0.25, 0.3) is 0 Å². The second kappa shape index (κ2) is 7.07. The second-order valence-corrected chi connectivity index (χ2v) is 6.07. The minimum Gasteiger partial charge on any atom is -0.325 e. The van der Waals surface area contributed by atoms with Crippen molar-refractivity contribution in [2.24, 2.45) is 0 Å². The van der Waals surface area contributed by atoms with Gasteiger partial charge in [0.15, 0.2) is 0 Å². The molecule has 26 heavy (non-hydrogen) atoms. The molecule has 4 amide bonds. The minimum absolute atomic E-state index is 0.0786. The van der Waals surface area contributed by atoms with E-state index in [0.29, 0.717) is 17.1 Å². The molecule has 1 unspecified atom stereocenters. The second-order valence-electron chi connectivity index (χ2n) is 5.16. The summed E-state index contributed by atoms with van der Waals surface area (Å²) in [5.74, 6) is -3.78. The number of anilines is 1. The van der Waals surface area contributed by atoms with E-state index in [1.165, 1.54) is 24.3 Å². The molecule has 0 spiro atoms. The van der Waals surface area contributed by atoms with Crippen molar-refractivity contribution in [1.82, 2.24) is 5.06 Å². The van der Waals surface area contributed by atoms with Crippen molar-refractivity contribution in [3.63, 3.8) is 0 Å². The molecule has 1 fully saturated rings. The standard InChI is InChI=1S/C15H10N2O8S/c18-11-4-5-12(19)16(11)9-3-1-2-8(6-9)15(22)24-17-13(20)7-10(14(17)21)26-25-23/h1-6,10,23H,7H2. The third-order valence-electron chi connectivity index (χ3n) is 3.54. The molecule has 0 aliphatic carbocycles. The summed E-state index contributed by atoms with van der Waals surface area (Å²) in [5, 5.41) is 7.62. The van der Waals surface area contributed by atoms with Gasteiger partial charge in [0.1, 0.15) is 5.25 Å². The zero-order valence-corrected chi connectivity index (χ0v) is 13.7. The highest BCUT2D eigenvalue weighted by atomic mass is 32.2. The average Bonchev–Trinajstić information content (AvgIpc) is 3.09. The number of carbonyl (C=O) groups excluding carboxylic acids is 5. The third kappa shape index (κ3) is 3.22. The molecule has 0 bridgehead atoms. The molecule has 1 saturated heterocycles. The van der Waals surface area contributed by atoms with Crippen LogP contribution in [0.15, 0.2) is 36.4 Å². The van der Waals surface area contributed by atoms with E-state index in [2.05, 4.69) is 4.33 Å². The van der Waals surface area contributed by atoms with Crippen LogP contribution in [0.4, 0.5) is 5.69 Å². The van der Waals surface area contributed by atoms with Gasteiger partial charge >= 0.3 is 5.97 Å². The van der Waals surface area contributed by atoms with Crippen molar-refractivity contribution in [2.75, 3.05) is 4.90 Å². The molecule has 2 aliphatic heterocycles. The van der Waals surface area contributed by atoms with E-state index in [-0.39, 0.29) is 17.7 Å². The zero-order valence-electron chi connectivity index (χ0n) is 12.9. The molecule has 134 valence electrons. The number of imide groups is 2. The average molecular weight is 378 g/mol. The van der Waals surface area contributed by atoms with Gasteiger partial charge < -0.3 is 4.84 Å². The maximum absolute atomic E-state index is 12.2. The SMILES string of the molecule is O=C(ON1C(=O)CC(SOO)C1=O)c1cccc(N2C(=O)C=CC2=O)c1. The first kappa shape index (κ1) is 17.8. The van der Waals surface area contributed by atoms with Gasteiger partial charge in [-0.1, -0.05) is 6.07 Å². The fraction of sp³-hybridized carbons (Fsp3) is 0.133. The monoisotopic (exact) mass is 378 g/mol. The summed E-state index contributed by atoms with van der Waals surface area (Å²) in [5.41, 5.74) is 0.0609. The molecule has 1 aromatic carbocycles. The van der Waals surface area contributed by atoms with Gasteiger partial charge in [-0.15, -0.1) is 5.06 Å². The summed E-state index contributed by atoms with van der Waals surface area (Å²) in [6.45, 7) is 0. The van der Waals surface area contributed by atoms with Gasteiger partial charge in [0.05, 0.1) is 17.7 Å². The van der Waals surface area contributed by atoms with Gasteiger partial charge in [-0.25, -0.2) is 15.0 Å². The van der Waals surface area contributed by atoms with E-state index < -0.39 is 34.8 Å². The lowest BCUT2D eigenvalue weighted by Crippen LogP contribution is -2.34. The van der Waals surface area contributed by atoms with Crippen LogP contribution in [0.2, 0.25) is 0 Å². The topological polar surface area (TPSA) is 131 Å². The van der Waals surface area contributed by atoms with Crippen LogP contribution in [0.5, 0.6) is 0 Å². The van der Waals surface area contributed by atoms with Crippen LogP contribution < -0.4 is 4.90 Å². The van der Waals surface area contributed by atoms with Gasteiger partial charge in [0.25, 0.3) is 23.6 Å². The smallest absolute Gasteiger partial charge is 0.325 e. The van der Waals surface area contributed by atoms with Gasteiger partial charge in [-0.05, 0) is 18.2 Å². The molecule has 2 heterocycles. The Hall–Kier alpha value is -3.02. The molecule has 0 aromatic heterocycles. The number of hydrogen-bond donors (Lipinski definition) is 1. The molecule has 10 nitrogen and oxygen atoms in total. The number of hydrogen-bond acceptors (Lipinski definition) is 9. The van der Waals surface area contributed by atoms with E-state index in [4.69, 9.17) is 10.1 Å². The Kier molecular flexibility index (Phi) is 4.84. The molecule has 3 rings (SSSR count).